The lowest BCUT2D eigenvalue weighted by Crippen LogP contribution is -2.10. The van der Waals surface area contributed by atoms with E-state index in [2.05, 4.69) is 17.2 Å². The molecule has 0 aromatic heterocycles. The molecule has 0 heterocycles. The first kappa shape index (κ1) is 16.4. The van der Waals surface area contributed by atoms with Crippen molar-refractivity contribution in [1.29, 1.82) is 0 Å². The molecule has 0 spiro atoms. The predicted molar refractivity (Wildman–Crippen MR) is 94.1 cm³/mol. The summed E-state index contributed by atoms with van der Waals surface area (Å²) in [4.78, 5) is 11.8. The molecule has 2 aromatic carbocycles. The van der Waals surface area contributed by atoms with Crippen molar-refractivity contribution >= 4 is 17.7 Å². The van der Waals surface area contributed by atoms with E-state index in [9.17, 15) is 4.79 Å². The van der Waals surface area contributed by atoms with Crippen molar-refractivity contribution in [3.63, 3.8) is 0 Å². The molecule has 1 amide bonds. The standard InChI is InChI=1S/C20H19NO2/c1-23-19-15-13-18(14-16-19)21-20(22)12-8-3-2-5-9-17-10-6-4-7-11-17/h4-7,9-11,13-16H,8,12H2,1H3,(H,21,22)/b9-5+. The minimum absolute atomic E-state index is 0.0449. The largest absolute Gasteiger partial charge is 0.497 e. The van der Waals surface area contributed by atoms with Crippen molar-refractivity contribution in [2.24, 2.45) is 0 Å². The van der Waals surface area contributed by atoms with Crippen LogP contribution in [0.25, 0.3) is 6.08 Å². The first-order valence-corrected chi connectivity index (χ1v) is 7.42. The Labute approximate surface area is 137 Å². The molecule has 0 aliphatic carbocycles. The first-order valence-electron chi connectivity index (χ1n) is 7.42. The highest BCUT2D eigenvalue weighted by molar-refractivity contribution is 5.90. The molecular weight excluding hydrogens is 286 g/mol. The average molecular weight is 305 g/mol. The molecule has 0 saturated heterocycles. The third-order valence-electron chi connectivity index (χ3n) is 3.11. The van der Waals surface area contributed by atoms with E-state index in [4.69, 9.17) is 4.74 Å². The molecule has 3 nitrogen and oxygen atoms in total. The Morgan fingerprint density at radius 3 is 2.57 bits per heavy atom. The predicted octanol–water partition coefficient (Wildman–Crippen LogP) is 4.13. The van der Waals surface area contributed by atoms with Crippen LogP contribution in [0.4, 0.5) is 5.69 Å². The molecule has 23 heavy (non-hydrogen) atoms. The zero-order chi connectivity index (χ0) is 16.3. The number of nitrogens with one attached hydrogen (secondary N) is 1. The van der Waals surface area contributed by atoms with E-state index >= 15 is 0 Å². The number of allylic oxidation sites excluding steroid dienone is 1. The number of hydrogen-bond donors (Lipinski definition) is 1. The molecule has 2 rings (SSSR count). The zero-order valence-corrected chi connectivity index (χ0v) is 13.1. The highest BCUT2D eigenvalue weighted by Gasteiger charge is 2.01. The van der Waals surface area contributed by atoms with Gasteiger partial charge in [0.1, 0.15) is 5.75 Å². The normalized spacial score (nSPS) is 9.96. The number of rotatable bonds is 5. The fourth-order valence-corrected chi connectivity index (χ4v) is 1.91. The molecule has 0 fully saturated rings. The van der Waals surface area contributed by atoms with Gasteiger partial charge in [0.2, 0.25) is 5.91 Å². The van der Waals surface area contributed by atoms with Crippen LogP contribution in [0.5, 0.6) is 5.75 Å². The van der Waals surface area contributed by atoms with Gasteiger partial charge in [-0.25, -0.2) is 0 Å². The highest BCUT2D eigenvalue weighted by Crippen LogP contribution is 2.15. The van der Waals surface area contributed by atoms with Crippen LogP contribution >= 0.6 is 0 Å². The van der Waals surface area contributed by atoms with Gasteiger partial charge in [-0.15, -0.1) is 0 Å². The summed E-state index contributed by atoms with van der Waals surface area (Å²) in [5.74, 6) is 6.63. The van der Waals surface area contributed by atoms with Crippen LogP contribution < -0.4 is 10.1 Å². The Morgan fingerprint density at radius 1 is 1.13 bits per heavy atom. The van der Waals surface area contributed by atoms with Gasteiger partial charge in [0.05, 0.1) is 7.11 Å². The van der Waals surface area contributed by atoms with Gasteiger partial charge in [-0.2, -0.15) is 0 Å². The van der Waals surface area contributed by atoms with Crippen LogP contribution in [-0.4, -0.2) is 13.0 Å². The van der Waals surface area contributed by atoms with Gasteiger partial charge in [0.15, 0.2) is 0 Å². The number of carbonyl (C=O) groups is 1. The summed E-state index contributed by atoms with van der Waals surface area (Å²) in [6.07, 6.45) is 4.65. The molecule has 1 N–H and O–H groups in total. The van der Waals surface area contributed by atoms with Gasteiger partial charge in [-0.3, -0.25) is 4.79 Å². The number of ether oxygens (including phenoxy) is 1. The van der Waals surface area contributed by atoms with Crippen molar-refractivity contribution in [3.05, 3.63) is 66.2 Å². The minimum atomic E-state index is -0.0449. The highest BCUT2D eigenvalue weighted by atomic mass is 16.5. The van der Waals surface area contributed by atoms with E-state index in [1.807, 2.05) is 60.7 Å². The summed E-state index contributed by atoms with van der Waals surface area (Å²) in [5, 5.41) is 2.83. The third-order valence-corrected chi connectivity index (χ3v) is 3.11. The van der Waals surface area contributed by atoms with Crippen LogP contribution in [0.3, 0.4) is 0 Å². The van der Waals surface area contributed by atoms with E-state index in [1.165, 1.54) is 0 Å². The SMILES string of the molecule is COc1ccc(NC(=O)CCC#C/C=C/c2ccccc2)cc1. The van der Waals surface area contributed by atoms with E-state index in [0.29, 0.717) is 12.8 Å². The van der Waals surface area contributed by atoms with Crippen molar-refractivity contribution in [1.82, 2.24) is 0 Å². The number of amides is 1. The monoisotopic (exact) mass is 305 g/mol. The van der Waals surface area contributed by atoms with E-state index in [1.54, 1.807) is 13.2 Å². The van der Waals surface area contributed by atoms with Gasteiger partial charge < -0.3 is 10.1 Å². The lowest BCUT2D eigenvalue weighted by molar-refractivity contribution is -0.116. The molecule has 0 saturated carbocycles. The molecule has 0 unspecified atom stereocenters. The van der Waals surface area contributed by atoms with Crippen LogP contribution in [0.15, 0.2) is 60.7 Å². The van der Waals surface area contributed by atoms with Crippen LogP contribution in [0.1, 0.15) is 18.4 Å². The average Bonchev–Trinajstić information content (AvgIpc) is 2.59. The Kier molecular flexibility index (Phi) is 6.49. The van der Waals surface area contributed by atoms with Crippen LogP contribution in [-0.2, 0) is 4.79 Å². The Bertz CT molecular complexity index is 707. The smallest absolute Gasteiger partial charge is 0.225 e. The Hall–Kier alpha value is -2.99. The Morgan fingerprint density at radius 2 is 1.87 bits per heavy atom. The minimum Gasteiger partial charge on any atom is -0.497 e. The van der Waals surface area contributed by atoms with E-state index in [0.717, 1.165) is 17.0 Å². The van der Waals surface area contributed by atoms with Crippen LogP contribution in [0, 0.1) is 11.8 Å². The van der Waals surface area contributed by atoms with E-state index in [-0.39, 0.29) is 5.91 Å². The molecule has 2 aromatic rings. The van der Waals surface area contributed by atoms with Gasteiger partial charge >= 0.3 is 0 Å². The first-order chi connectivity index (χ1) is 11.3. The molecule has 116 valence electrons. The molecule has 0 bridgehead atoms. The molecule has 0 aliphatic heterocycles. The summed E-state index contributed by atoms with van der Waals surface area (Å²) in [6.45, 7) is 0. The second-order valence-corrected chi connectivity index (χ2v) is 4.84. The maximum absolute atomic E-state index is 11.8. The molecule has 0 radical (unpaired) electrons. The molecule has 0 atom stereocenters. The van der Waals surface area contributed by atoms with Crippen molar-refractivity contribution < 1.29 is 9.53 Å². The third kappa shape index (κ3) is 6.11. The maximum Gasteiger partial charge on any atom is 0.225 e. The fraction of sp³-hybridized carbons (Fsp3) is 0.150. The number of anilines is 1. The summed E-state index contributed by atoms with van der Waals surface area (Å²) >= 11 is 0. The van der Waals surface area contributed by atoms with Crippen molar-refractivity contribution in [2.75, 3.05) is 12.4 Å². The number of methoxy groups -OCH3 is 1. The zero-order valence-electron chi connectivity index (χ0n) is 13.1. The fourth-order valence-electron chi connectivity index (χ4n) is 1.91. The summed E-state index contributed by atoms with van der Waals surface area (Å²) in [5.41, 5.74) is 1.87. The number of hydrogen-bond acceptors (Lipinski definition) is 2. The van der Waals surface area contributed by atoms with Gasteiger partial charge in [-0.1, -0.05) is 42.2 Å². The molecular formula is C20H19NO2. The number of benzene rings is 2. The molecule has 3 heteroatoms. The number of carbonyl (C=O) groups excluding carboxylic acids is 1. The van der Waals surface area contributed by atoms with Gasteiger partial charge in [-0.05, 0) is 42.0 Å². The van der Waals surface area contributed by atoms with Crippen molar-refractivity contribution in [2.45, 2.75) is 12.8 Å². The lowest BCUT2D eigenvalue weighted by atomic mass is 10.2. The Balaban J connectivity index is 1.72. The summed E-state index contributed by atoms with van der Waals surface area (Å²) in [7, 11) is 1.61. The van der Waals surface area contributed by atoms with Gasteiger partial charge in [0.25, 0.3) is 0 Å². The van der Waals surface area contributed by atoms with Gasteiger partial charge in [0, 0.05) is 18.5 Å². The second kappa shape index (κ2) is 9.11. The summed E-state index contributed by atoms with van der Waals surface area (Å²) in [6, 6.07) is 17.2. The van der Waals surface area contributed by atoms with Crippen LogP contribution in [0.2, 0.25) is 0 Å². The quantitative estimate of drug-likeness (QED) is 0.843. The molecule has 0 aliphatic rings. The topological polar surface area (TPSA) is 38.3 Å². The lowest BCUT2D eigenvalue weighted by Gasteiger charge is -2.04. The maximum atomic E-state index is 11.8. The van der Waals surface area contributed by atoms with Crippen molar-refractivity contribution in [3.8, 4) is 17.6 Å². The van der Waals surface area contributed by atoms with E-state index < -0.39 is 0 Å². The summed E-state index contributed by atoms with van der Waals surface area (Å²) < 4.78 is 5.07. The second-order valence-electron chi connectivity index (χ2n) is 4.84.